The van der Waals surface area contributed by atoms with Crippen molar-refractivity contribution in [1.29, 1.82) is 0 Å². The molecule has 1 atom stereocenters. The fourth-order valence-corrected chi connectivity index (χ4v) is 3.39. The van der Waals surface area contributed by atoms with Crippen LogP contribution < -0.4 is 10.6 Å². The zero-order chi connectivity index (χ0) is 18.6. The van der Waals surface area contributed by atoms with Gasteiger partial charge >= 0.3 is 0 Å². The van der Waals surface area contributed by atoms with Crippen LogP contribution in [0.2, 0.25) is 0 Å². The van der Waals surface area contributed by atoms with E-state index < -0.39 is 0 Å². The number of benzene rings is 1. The Morgan fingerprint density at radius 3 is 2.54 bits per heavy atom. The van der Waals surface area contributed by atoms with Crippen molar-refractivity contribution in [3.05, 3.63) is 35.9 Å². The first-order chi connectivity index (χ1) is 12.7. The van der Waals surface area contributed by atoms with Crippen LogP contribution in [0.5, 0.6) is 0 Å². The summed E-state index contributed by atoms with van der Waals surface area (Å²) in [5, 5.41) is 5.84. The van der Waals surface area contributed by atoms with E-state index in [4.69, 9.17) is 0 Å². The third kappa shape index (κ3) is 8.00. The quantitative estimate of drug-likeness (QED) is 0.713. The molecular formula is C21H33N3O2. The Labute approximate surface area is 157 Å². The number of nitrogens with zero attached hydrogens (tertiary/aromatic N) is 1. The van der Waals surface area contributed by atoms with E-state index in [9.17, 15) is 9.59 Å². The minimum atomic E-state index is -0.0366. The molecule has 1 aromatic rings. The summed E-state index contributed by atoms with van der Waals surface area (Å²) in [6.45, 7) is 6.52. The van der Waals surface area contributed by atoms with Crippen molar-refractivity contribution < 1.29 is 9.59 Å². The lowest BCUT2D eigenvalue weighted by Crippen LogP contribution is -2.36. The topological polar surface area (TPSA) is 61.4 Å². The highest BCUT2D eigenvalue weighted by molar-refractivity contribution is 5.83. The van der Waals surface area contributed by atoms with Gasteiger partial charge in [0.25, 0.3) is 0 Å². The van der Waals surface area contributed by atoms with Gasteiger partial charge in [-0.25, -0.2) is 0 Å². The van der Waals surface area contributed by atoms with Crippen molar-refractivity contribution >= 4 is 11.8 Å². The maximum Gasteiger partial charge on any atom is 0.220 e. The molecule has 1 aliphatic heterocycles. The Kier molecular flexibility index (Phi) is 9.18. The standard InChI is InChI=1S/C21H33N3O2/c1-2-13-22-20(25)11-12-21(26)23-15-19-10-6-7-14-24(17-19)16-18-8-4-3-5-9-18/h3-5,8-9,19H,2,6-7,10-17H2,1H3,(H,22,25)(H,23,26). The van der Waals surface area contributed by atoms with Crippen LogP contribution in [0.4, 0.5) is 0 Å². The van der Waals surface area contributed by atoms with Gasteiger partial charge in [-0.1, -0.05) is 43.7 Å². The average molecular weight is 360 g/mol. The Hall–Kier alpha value is -1.88. The van der Waals surface area contributed by atoms with Crippen LogP contribution in [0.1, 0.15) is 51.0 Å². The van der Waals surface area contributed by atoms with E-state index in [2.05, 4.69) is 39.8 Å². The number of hydrogen-bond acceptors (Lipinski definition) is 3. The van der Waals surface area contributed by atoms with Gasteiger partial charge in [-0.2, -0.15) is 0 Å². The third-order valence-corrected chi connectivity index (χ3v) is 4.84. The van der Waals surface area contributed by atoms with E-state index in [1.165, 1.54) is 18.4 Å². The van der Waals surface area contributed by atoms with Gasteiger partial charge < -0.3 is 10.6 Å². The summed E-state index contributed by atoms with van der Waals surface area (Å²) in [6, 6.07) is 10.6. The van der Waals surface area contributed by atoms with E-state index >= 15 is 0 Å². The van der Waals surface area contributed by atoms with E-state index in [1.807, 2.05) is 13.0 Å². The number of carbonyl (C=O) groups excluding carboxylic acids is 2. The van der Waals surface area contributed by atoms with E-state index in [0.29, 0.717) is 19.0 Å². The molecule has 1 saturated heterocycles. The third-order valence-electron chi connectivity index (χ3n) is 4.84. The molecular weight excluding hydrogens is 326 g/mol. The second-order valence-electron chi connectivity index (χ2n) is 7.24. The van der Waals surface area contributed by atoms with Gasteiger partial charge in [-0.15, -0.1) is 0 Å². The number of rotatable bonds is 9. The lowest BCUT2D eigenvalue weighted by molar-refractivity contribution is -0.126. The smallest absolute Gasteiger partial charge is 0.220 e. The zero-order valence-electron chi connectivity index (χ0n) is 16.0. The molecule has 0 bridgehead atoms. The molecule has 1 heterocycles. The van der Waals surface area contributed by atoms with Gasteiger partial charge in [0.2, 0.25) is 11.8 Å². The molecule has 1 fully saturated rings. The first-order valence-corrected chi connectivity index (χ1v) is 9.97. The van der Waals surface area contributed by atoms with Crippen molar-refractivity contribution in [3.8, 4) is 0 Å². The molecule has 2 amide bonds. The number of likely N-dealkylation sites (tertiary alicyclic amines) is 1. The van der Waals surface area contributed by atoms with Crippen LogP contribution in [0.15, 0.2) is 30.3 Å². The van der Waals surface area contributed by atoms with Crippen molar-refractivity contribution in [2.45, 2.75) is 52.0 Å². The number of amides is 2. The first-order valence-electron chi connectivity index (χ1n) is 9.97. The maximum absolute atomic E-state index is 12.0. The van der Waals surface area contributed by atoms with Crippen LogP contribution in [-0.2, 0) is 16.1 Å². The number of nitrogens with one attached hydrogen (secondary N) is 2. The normalized spacial score (nSPS) is 18.1. The molecule has 1 aliphatic rings. The fraction of sp³-hybridized carbons (Fsp3) is 0.619. The molecule has 5 heteroatoms. The van der Waals surface area contributed by atoms with Crippen LogP contribution in [0.25, 0.3) is 0 Å². The molecule has 0 aliphatic carbocycles. The summed E-state index contributed by atoms with van der Waals surface area (Å²) in [4.78, 5) is 26.1. The zero-order valence-corrected chi connectivity index (χ0v) is 16.0. The highest BCUT2D eigenvalue weighted by Gasteiger charge is 2.19. The molecule has 2 rings (SSSR count). The van der Waals surface area contributed by atoms with E-state index in [1.54, 1.807) is 0 Å². The van der Waals surface area contributed by atoms with Crippen molar-refractivity contribution in [1.82, 2.24) is 15.5 Å². The molecule has 1 aromatic carbocycles. The predicted octanol–water partition coefficient (Wildman–Crippen LogP) is 2.71. The Morgan fingerprint density at radius 2 is 1.81 bits per heavy atom. The van der Waals surface area contributed by atoms with Gasteiger partial charge in [0.15, 0.2) is 0 Å². The van der Waals surface area contributed by atoms with Crippen molar-refractivity contribution in [2.24, 2.45) is 5.92 Å². The van der Waals surface area contributed by atoms with Crippen molar-refractivity contribution in [3.63, 3.8) is 0 Å². The minimum Gasteiger partial charge on any atom is -0.356 e. The second kappa shape index (κ2) is 11.7. The molecule has 2 N–H and O–H groups in total. The Balaban J connectivity index is 1.70. The SMILES string of the molecule is CCCNC(=O)CCC(=O)NCC1CCCCN(Cc2ccccc2)C1. The molecule has 26 heavy (non-hydrogen) atoms. The van der Waals surface area contributed by atoms with Crippen LogP contribution >= 0.6 is 0 Å². The van der Waals surface area contributed by atoms with E-state index in [0.717, 1.165) is 32.5 Å². The van der Waals surface area contributed by atoms with Gasteiger partial charge in [-0.3, -0.25) is 14.5 Å². The molecule has 0 aromatic heterocycles. The monoisotopic (exact) mass is 359 g/mol. The second-order valence-corrected chi connectivity index (χ2v) is 7.24. The van der Waals surface area contributed by atoms with E-state index in [-0.39, 0.29) is 24.7 Å². The summed E-state index contributed by atoms with van der Waals surface area (Å²) >= 11 is 0. The van der Waals surface area contributed by atoms with Gasteiger partial charge in [-0.05, 0) is 37.3 Å². The molecule has 0 radical (unpaired) electrons. The average Bonchev–Trinajstić information content (AvgIpc) is 2.89. The number of hydrogen-bond donors (Lipinski definition) is 2. The lowest BCUT2D eigenvalue weighted by Gasteiger charge is -2.24. The van der Waals surface area contributed by atoms with Gasteiger partial charge in [0.1, 0.15) is 0 Å². The molecule has 144 valence electrons. The first kappa shape index (κ1) is 20.4. The van der Waals surface area contributed by atoms with Crippen molar-refractivity contribution in [2.75, 3.05) is 26.2 Å². The maximum atomic E-state index is 12.0. The Morgan fingerprint density at radius 1 is 1.08 bits per heavy atom. The highest BCUT2D eigenvalue weighted by Crippen LogP contribution is 2.18. The molecule has 1 unspecified atom stereocenters. The summed E-state index contributed by atoms with van der Waals surface area (Å²) in [5.41, 5.74) is 1.34. The summed E-state index contributed by atoms with van der Waals surface area (Å²) in [7, 11) is 0. The highest BCUT2D eigenvalue weighted by atomic mass is 16.2. The van der Waals surface area contributed by atoms with Crippen LogP contribution in [0.3, 0.4) is 0 Å². The summed E-state index contributed by atoms with van der Waals surface area (Å²) in [6.07, 6.45) is 5.05. The fourth-order valence-electron chi connectivity index (χ4n) is 3.39. The summed E-state index contributed by atoms with van der Waals surface area (Å²) in [5.74, 6) is 0.431. The van der Waals surface area contributed by atoms with Gasteiger partial charge in [0, 0.05) is 39.0 Å². The molecule has 5 nitrogen and oxygen atoms in total. The van der Waals surface area contributed by atoms with Crippen LogP contribution in [0, 0.1) is 5.92 Å². The molecule has 0 spiro atoms. The number of carbonyl (C=O) groups is 2. The minimum absolute atomic E-state index is 0.0181. The van der Waals surface area contributed by atoms with Gasteiger partial charge in [0.05, 0.1) is 0 Å². The van der Waals surface area contributed by atoms with Crippen LogP contribution in [-0.4, -0.2) is 42.9 Å². The predicted molar refractivity (Wildman–Crippen MR) is 105 cm³/mol. The molecule has 0 saturated carbocycles. The Bertz CT molecular complexity index is 547. The summed E-state index contributed by atoms with van der Waals surface area (Å²) < 4.78 is 0. The lowest BCUT2D eigenvalue weighted by atomic mass is 10.0. The largest absolute Gasteiger partial charge is 0.356 e.